The molecular formula is C15H26N2O3. The van der Waals surface area contributed by atoms with Crippen molar-refractivity contribution in [1.29, 1.82) is 0 Å². The van der Waals surface area contributed by atoms with Gasteiger partial charge in [0.15, 0.2) is 0 Å². The molecule has 0 aromatic heterocycles. The van der Waals surface area contributed by atoms with Gasteiger partial charge in [-0.1, -0.05) is 0 Å². The van der Waals surface area contributed by atoms with E-state index in [-0.39, 0.29) is 17.9 Å². The molecule has 2 saturated heterocycles. The van der Waals surface area contributed by atoms with Crippen molar-refractivity contribution in [2.45, 2.75) is 64.1 Å². The number of methoxy groups -OCH3 is 1. The van der Waals surface area contributed by atoms with Gasteiger partial charge in [-0.05, 0) is 46.1 Å². The SMILES string of the molecule is COC(=O)[C@H]1CCCN1C(=O)C[C@@H]1CCCN1C(C)C. The van der Waals surface area contributed by atoms with Crippen molar-refractivity contribution in [3.8, 4) is 0 Å². The Hall–Kier alpha value is -1.10. The molecule has 0 aromatic rings. The highest BCUT2D eigenvalue weighted by Crippen LogP contribution is 2.26. The zero-order valence-corrected chi connectivity index (χ0v) is 12.8. The minimum absolute atomic E-state index is 0.107. The average Bonchev–Trinajstić information content (AvgIpc) is 3.05. The number of rotatable bonds is 4. The van der Waals surface area contributed by atoms with Gasteiger partial charge in [-0.25, -0.2) is 4.79 Å². The summed E-state index contributed by atoms with van der Waals surface area (Å²) >= 11 is 0. The van der Waals surface area contributed by atoms with Crippen LogP contribution in [-0.4, -0.2) is 60.0 Å². The first kappa shape index (κ1) is 15.3. The third kappa shape index (κ3) is 3.14. The summed E-state index contributed by atoms with van der Waals surface area (Å²) in [4.78, 5) is 28.3. The van der Waals surface area contributed by atoms with Crippen molar-refractivity contribution >= 4 is 11.9 Å². The van der Waals surface area contributed by atoms with Gasteiger partial charge in [-0.2, -0.15) is 0 Å². The van der Waals surface area contributed by atoms with Gasteiger partial charge in [0.1, 0.15) is 6.04 Å². The van der Waals surface area contributed by atoms with Gasteiger partial charge in [0.25, 0.3) is 0 Å². The second-order valence-electron chi connectivity index (χ2n) is 6.10. The number of ether oxygens (including phenoxy) is 1. The Morgan fingerprint density at radius 2 is 1.90 bits per heavy atom. The van der Waals surface area contributed by atoms with Gasteiger partial charge < -0.3 is 9.64 Å². The van der Waals surface area contributed by atoms with E-state index in [1.54, 1.807) is 4.90 Å². The van der Waals surface area contributed by atoms with Crippen LogP contribution < -0.4 is 0 Å². The Balaban J connectivity index is 1.95. The fraction of sp³-hybridized carbons (Fsp3) is 0.867. The summed E-state index contributed by atoms with van der Waals surface area (Å²) in [6.07, 6.45) is 4.41. The van der Waals surface area contributed by atoms with Gasteiger partial charge in [0.05, 0.1) is 7.11 Å². The lowest BCUT2D eigenvalue weighted by Crippen LogP contribution is -2.44. The van der Waals surface area contributed by atoms with Crippen LogP contribution in [0.5, 0.6) is 0 Å². The Morgan fingerprint density at radius 1 is 1.20 bits per heavy atom. The molecule has 2 heterocycles. The molecule has 0 saturated carbocycles. The highest BCUT2D eigenvalue weighted by Gasteiger charge is 2.37. The van der Waals surface area contributed by atoms with E-state index in [1.807, 2.05) is 0 Å². The van der Waals surface area contributed by atoms with E-state index in [4.69, 9.17) is 4.74 Å². The van der Waals surface area contributed by atoms with E-state index in [0.717, 1.165) is 32.2 Å². The predicted octanol–water partition coefficient (Wildman–Crippen LogP) is 1.41. The normalized spacial score (nSPS) is 27.3. The number of carbonyl (C=O) groups is 2. The van der Waals surface area contributed by atoms with Crippen molar-refractivity contribution in [1.82, 2.24) is 9.80 Å². The molecule has 20 heavy (non-hydrogen) atoms. The highest BCUT2D eigenvalue weighted by molar-refractivity contribution is 5.85. The third-order valence-electron chi connectivity index (χ3n) is 4.54. The second-order valence-corrected chi connectivity index (χ2v) is 6.10. The largest absolute Gasteiger partial charge is 0.467 e. The zero-order chi connectivity index (χ0) is 14.7. The maximum atomic E-state index is 12.5. The minimum Gasteiger partial charge on any atom is -0.467 e. The van der Waals surface area contributed by atoms with Gasteiger partial charge in [-0.15, -0.1) is 0 Å². The van der Waals surface area contributed by atoms with E-state index < -0.39 is 0 Å². The first-order valence-electron chi connectivity index (χ1n) is 7.67. The Morgan fingerprint density at radius 3 is 2.55 bits per heavy atom. The zero-order valence-electron chi connectivity index (χ0n) is 12.8. The van der Waals surface area contributed by atoms with Crippen LogP contribution in [0.3, 0.4) is 0 Å². The summed E-state index contributed by atoms with van der Waals surface area (Å²) in [6.45, 7) is 6.12. The molecular weight excluding hydrogens is 256 g/mol. The van der Waals surface area contributed by atoms with Crippen LogP contribution in [-0.2, 0) is 14.3 Å². The van der Waals surface area contributed by atoms with E-state index in [9.17, 15) is 9.59 Å². The average molecular weight is 282 g/mol. The summed E-state index contributed by atoms with van der Waals surface area (Å²) in [5.41, 5.74) is 0. The van der Waals surface area contributed by atoms with Crippen LogP contribution in [0.4, 0.5) is 0 Å². The number of nitrogens with zero attached hydrogens (tertiary/aromatic N) is 2. The minimum atomic E-state index is -0.360. The quantitative estimate of drug-likeness (QED) is 0.732. The molecule has 2 aliphatic heterocycles. The molecule has 0 N–H and O–H groups in total. The first-order chi connectivity index (χ1) is 9.54. The number of hydrogen-bond donors (Lipinski definition) is 0. The number of esters is 1. The van der Waals surface area contributed by atoms with E-state index in [2.05, 4.69) is 18.7 Å². The fourth-order valence-electron chi connectivity index (χ4n) is 3.52. The summed E-state index contributed by atoms with van der Waals surface area (Å²) in [5, 5.41) is 0. The smallest absolute Gasteiger partial charge is 0.328 e. The van der Waals surface area contributed by atoms with E-state index >= 15 is 0 Å². The molecule has 5 nitrogen and oxygen atoms in total. The molecule has 2 atom stereocenters. The first-order valence-corrected chi connectivity index (χ1v) is 7.67. The summed E-state index contributed by atoms with van der Waals surface area (Å²) in [5.74, 6) is -0.168. The number of likely N-dealkylation sites (tertiary alicyclic amines) is 2. The maximum absolute atomic E-state index is 12.5. The summed E-state index contributed by atoms with van der Waals surface area (Å²) in [7, 11) is 1.39. The Bertz CT molecular complexity index is 370. The molecule has 0 radical (unpaired) electrons. The van der Waals surface area contributed by atoms with Gasteiger partial charge in [0.2, 0.25) is 5.91 Å². The lowest BCUT2D eigenvalue weighted by molar-refractivity contribution is -0.151. The number of carbonyl (C=O) groups excluding carboxylic acids is 2. The molecule has 114 valence electrons. The molecule has 0 aliphatic carbocycles. The lowest BCUT2D eigenvalue weighted by atomic mass is 10.1. The van der Waals surface area contributed by atoms with Crippen molar-refractivity contribution < 1.29 is 14.3 Å². The molecule has 0 bridgehead atoms. The second kappa shape index (κ2) is 6.57. The van der Waals surface area contributed by atoms with Crippen LogP contribution in [0.15, 0.2) is 0 Å². The van der Waals surface area contributed by atoms with Crippen molar-refractivity contribution in [3.63, 3.8) is 0 Å². The molecule has 2 aliphatic rings. The number of hydrogen-bond acceptors (Lipinski definition) is 4. The summed E-state index contributed by atoms with van der Waals surface area (Å²) < 4.78 is 4.80. The molecule has 2 fully saturated rings. The van der Waals surface area contributed by atoms with Crippen molar-refractivity contribution in [3.05, 3.63) is 0 Å². The van der Waals surface area contributed by atoms with Crippen molar-refractivity contribution in [2.24, 2.45) is 0 Å². The lowest BCUT2D eigenvalue weighted by Gasteiger charge is -2.30. The Kier molecular flexibility index (Phi) is 5.02. The highest BCUT2D eigenvalue weighted by atomic mass is 16.5. The van der Waals surface area contributed by atoms with Crippen molar-refractivity contribution in [2.75, 3.05) is 20.2 Å². The molecule has 5 heteroatoms. The van der Waals surface area contributed by atoms with Gasteiger partial charge in [-0.3, -0.25) is 9.69 Å². The number of amides is 1. The third-order valence-corrected chi connectivity index (χ3v) is 4.54. The molecule has 2 rings (SSSR count). The predicted molar refractivity (Wildman–Crippen MR) is 76.2 cm³/mol. The molecule has 0 unspecified atom stereocenters. The van der Waals surface area contributed by atoms with Crippen LogP contribution in [0.2, 0.25) is 0 Å². The molecule has 0 spiro atoms. The van der Waals surface area contributed by atoms with Gasteiger partial charge in [0, 0.05) is 25.0 Å². The maximum Gasteiger partial charge on any atom is 0.328 e. The summed E-state index contributed by atoms with van der Waals surface area (Å²) in [6, 6.07) is 0.452. The van der Waals surface area contributed by atoms with Crippen LogP contribution >= 0.6 is 0 Å². The van der Waals surface area contributed by atoms with Crippen LogP contribution in [0, 0.1) is 0 Å². The molecule has 1 amide bonds. The van der Waals surface area contributed by atoms with Crippen LogP contribution in [0.1, 0.15) is 46.0 Å². The topological polar surface area (TPSA) is 49.9 Å². The van der Waals surface area contributed by atoms with E-state index in [0.29, 0.717) is 25.0 Å². The standard InChI is InChI=1S/C15H26N2O3/c1-11(2)16-8-4-6-12(16)10-14(18)17-9-5-7-13(17)15(19)20-3/h11-13H,4-10H2,1-3H3/t12-,13+/m0/s1. The van der Waals surface area contributed by atoms with E-state index in [1.165, 1.54) is 7.11 Å². The molecule has 0 aromatic carbocycles. The fourth-order valence-corrected chi connectivity index (χ4v) is 3.52. The van der Waals surface area contributed by atoms with Gasteiger partial charge >= 0.3 is 5.97 Å². The monoisotopic (exact) mass is 282 g/mol. The Labute approximate surface area is 121 Å². The van der Waals surface area contributed by atoms with Crippen LogP contribution in [0.25, 0.3) is 0 Å².